The molecule has 1 saturated heterocycles. The molecule has 0 spiro atoms. The summed E-state index contributed by atoms with van der Waals surface area (Å²) in [4.78, 5) is 4.41. The number of halogens is 1. The largest absolute Gasteiger partial charge is 0.369 e. The van der Waals surface area contributed by atoms with E-state index >= 15 is 0 Å². The van der Waals surface area contributed by atoms with E-state index in [0.29, 0.717) is 0 Å². The van der Waals surface area contributed by atoms with E-state index in [1.54, 1.807) is 6.07 Å². The molecular weight excluding hydrogens is 277 g/mol. The van der Waals surface area contributed by atoms with Crippen molar-refractivity contribution >= 4 is 5.69 Å². The first kappa shape index (κ1) is 17.2. The van der Waals surface area contributed by atoms with Crippen molar-refractivity contribution in [3.8, 4) is 0 Å². The smallest absolute Gasteiger partial charge is 0.146 e. The zero-order valence-electron chi connectivity index (χ0n) is 14.1. The highest BCUT2D eigenvalue weighted by Crippen LogP contribution is 2.24. The number of nitrogens with zero attached hydrogens (tertiary/aromatic N) is 2. The summed E-state index contributed by atoms with van der Waals surface area (Å²) < 4.78 is 14.2. The van der Waals surface area contributed by atoms with Crippen molar-refractivity contribution in [1.29, 1.82) is 0 Å². The molecule has 1 aromatic rings. The molecule has 4 heteroatoms. The minimum absolute atomic E-state index is 0.0849. The van der Waals surface area contributed by atoms with Crippen molar-refractivity contribution < 1.29 is 4.39 Å². The molecule has 0 bridgehead atoms. The van der Waals surface area contributed by atoms with Gasteiger partial charge in [-0.3, -0.25) is 0 Å². The molecule has 0 aromatic heterocycles. The van der Waals surface area contributed by atoms with Crippen LogP contribution in [0.5, 0.6) is 0 Å². The number of benzene rings is 1. The SMILES string of the molecule is CN(C)CCCNCc1ccc(F)c(N2CCCCCC2)c1. The average molecular weight is 307 g/mol. The van der Waals surface area contributed by atoms with Gasteiger partial charge in [0.15, 0.2) is 0 Å². The molecule has 1 heterocycles. The molecule has 1 aliphatic rings. The second-order valence-electron chi connectivity index (χ2n) is 6.52. The topological polar surface area (TPSA) is 18.5 Å². The highest BCUT2D eigenvalue weighted by molar-refractivity contribution is 5.50. The molecule has 3 nitrogen and oxygen atoms in total. The highest BCUT2D eigenvalue weighted by atomic mass is 19.1. The quantitative estimate of drug-likeness (QED) is 0.780. The Morgan fingerprint density at radius 1 is 1.14 bits per heavy atom. The number of hydrogen-bond acceptors (Lipinski definition) is 3. The molecule has 0 aliphatic carbocycles. The van der Waals surface area contributed by atoms with Crippen LogP contribution < -0.4 is 10.2 Å². The maximum Gasteiger partial charge on any atom is 0.146 e. The van der Waals surface area contributed by atoms with Crippen LogP contribution in [0.3, 0.4) is 0 Å². The van der Waals surface area contributed by atoms with Crippen molar-refractivity contribution in [2.45, 2.75) is 38.6 Å². The van der Waals surface area contributed by atoms with Crippen molar-refractivity contribution in [2.75, 3.05) is 45.2 Å². The van der Waals surface area contributed by atoms with Gasteiger partial charge in [-0.2, -0.15) is 0 Å². The molecule has 1 aromatic carbocycles. The van der Waals surface area contributed by atoms with E-state index in [9.17, 15) is 4.39 Å². The molecule has 124 valence electrons. The van der Waals surface area contributed by atoms with E-state index in [2.05, 4.69) is 29.2 Å². The third kappa shape index (κ3) is 5.58. The fourth-order valence-corrected chi connectivity index (χ4v) is 2.98. The Kier molecular flexibility index (Phi) is 7.13. The molecule has 0 amide bonds. The van der Waals surface area contributed by atoms with Gasteiger partial charge in [0.05, 0.1) is 5.69 Å². The fourth-order valence-electron chi connectivity index (χ4n) is 2.98. The summed E-state index contributed by atoms with van der Waals surface area (Å²) in [7, 11) is 4.18. The summed E-state index contributed by atoms with van der Waals surface area (Å²) in [5.41, 5.74) is 1.96. The molecule has 2 rings (SSSR count). The van der Waals surface area contributed by atoms with Gasteiger partial charge >= 0.3 is 0 Å². The van der Waals surface area contributed by atoms with Crippen LogP contribution in [0.4, 0.5) is 10.1 Å². The molecule has 1 N–H and O–H groups in total. The minimum atomic E-state index is -0.0849. The van der Waals surface area contributed by atoms with Crippen LogP contribution in [0.15, 0.2) is 18.2 Å². The van der Waals surface area contributed by atoms with Crippen LogP contribution in [0.2, 0.25) is 0 Å². The van der Waals surface area contributed by atoms with Gasteiger partial charge in [-0.1, -0.05) is 18.9 Å². The third-order valence-electron chi connectivity index (χ3n) is 4.25. The average Bonchev–Trinajstić information content (AvgIpc) is 2.77. The van der Waals surface area contributed by atoms with Gasteiger partial charge in [0, 0.05) is 19.6 Å². The molecule has 22 heavy (non-hydrogen) atoms. The summed E-state index contributed by atoms with van der Waals surface area (Å²) in [6, 6.07) is 5.55. The lowest BCUT2D eigenvalue weighted by Gasteiger charge is -2.24. The number of rotatable bonds is 7. The zero-order valence-corrected chi connectivity index (χ0v) is 14.1. The van der Waals surface area contributed by atoms with E-state index in [-0.39, 0.29) is 5.82 Å². The van der Waals surface area contributed by atoms with E-state index < -0.39 is 0 Å². The van der Waals surface area contributed by atoms with Gasteiger partial charge < -0.3 is 15.1 Å². The van der Waals surface area contributed by atoms with Crippen molar-refractivity contribution in [3.05, 3.63) is 29.6 Å². The van der Waals surface area contributed by atoms with E-state index in [4.69, 9.17) is 0 Å². The second kappa shape index (κ2) is 9.11. The predicted molar refractivity (Wildman–Crippen MR) is 92.0 cm³/mol. The van der Waals surface area contributed by atoms with E-state index in [1.807, 2.05) is 12.1 Å². The summed E-state index contributed by atoms with van der Waals surface area (Å²) in [5.74, 6) is -0.0849. The van der Waals surface area contributed by atoms with E-state index in [1.165, 1.54) is 31.2 Å². The van der Waals surface area contributed by atoms with Gasteiger partial charge in [-0.15, -0.1) is 0 Å². The minimum Gasteiger partial charge on any atom is -0.369 e. The van der Waals surface area contributed by atoms with Crippen molar-refractivity contribution in [3.63, 3.8) is 0 Å². The van der Waals surface area contributed by atoms with Gasteiger partial charge in [0.1, 0.15) is 5.82 Å². The van der Waals surface area contributed by atoms with Gasteiger partial charge in [0.2, 0.25) is 0 Å². The first-order valence-corrected chi connectivity index (χ1v) is 8.55. The maximum absolute atomic E-state index is 14.2. The lowest BCUT2D eigenvalue weighted by molar-refractivity contribution is 0.394. The van der Waals surface area contributed by atoms with Crippen LogP contribution in [0.25, 0.3) is 0 Å². The third-order valence-corrected chi connectivity index (χ3v) is 4.25. The summed E-state index contributed by atoms with van der Waals surface area (Å²) in [5, 5.41) is 3.45. The van der Waals surface area contributed by atoms with Crippen LogP contribution in [-0.4, -0.2) is 45.2 Å². The zero-order chi connectivity index (χ0) is 15.8. The van der Waals surface area contributed by atoms with Crippen LogP contribution in [0, 0.1) is 5.82 Å². The molecule has 0 saturated carbocycles. The van der Waals surface area contributed by atoms with Gasteiger partial charge in [0.25, 0.3) is 0 Å². The second-order valence-corrected chi connectivity index (χ2v) is 6.52. The van der Waals surface area contributed by atoms with Crippen LogP contribution in [0.1, 0.15) is 37.7 Å². The Balaban J connectivity index is 1.88. The fraction of sp³-hybridized carbons (Fsp3) is 0.667. The molecule has 1 aliphatic heterocycles. The highest BCUT2D eigenvalue weighted by Gasteiger charge is 2.14. The normalized spacial score (nSPS) is 16.1. The first-order valence-electron chi connectivity index (χ1n) is 8.55. The Labute approximate surface area is 134 Å². The van der Waals surface area contributed by atoms with Crippen molar-refractivity contribution in [1.82, 2.24) is 10.2 Å². The van der Waals surface area contributed by atoms with Gasteiger partial charge in [-0.05, 0) is 64.1 Å². The standard InChI is InChI=1S/C18H30FN3/c1-21(2)11-7-10-20-15-16-8-9-17(19)18(14-16)22-12-5-3-4-6-13-22/h8-9,14,20H,3-7,10-13,15H2,1-2H3. The number of nitrogens with one attached hydrogen (secondary N) is 1. The monoisotopic (exact) mass is 307 g/mol. The Bertz CT molecular complexity index is 440. The number of anilines is 1. The molecule has 1 fully saturated rings. The van der Waals surface area contributed by atoms with Crippen LogP contribution >= 0.6 is 0 Å². The van der Waals surface area contributed by atoms with E-state index in [0.717, 1.165) is 44.8 Å². The molecule has 0 atom stereocenters. The Morgan fingerprint density at radius 2 is 1.86 bits per heavy atom. The Morgan fingerprint density at radius 3 is 2.55 bits per heavy atom. The lowest BCUT2D eigenvalue weighted by atomic mass is 10.1. The molecule has 0 radical (unpaired) electrons. The summed E-state index contributed by atoms with van der Waals surface area (Å²) in [6.45, 7) is 4.87. The predicted octanol–water partition coefficient (Wildman–Crippen LogP) is 3.25. The van der Waals surface area contributed by atoms with Crippen LogP contribution in [-0.2, 0) is 6.54 Å². The number of hydrogen-bond donors (Lipinski definition) is 1. The molecular formula is C18H30FN3. The van der Waals surface area contributed by atoms with Crippen molar-refractivity contribution in [2.24, 2.45) is 0 Å². The first-order chi connectivity index (χ1) is 10.7. The maximum atomic E-state index is 14.2. The lowest BCUT2D eigenvalue weighted by Crippen LogP contribution is -2.25. The molecule has 0 unspecified atom stereocenters. The van der Waals surface area contributed by atoms with Gasteiger partial charge in [-0.25, -0.2) is 4.39 Å². The summed E-state index contributed by atoms with van der Waals surface area (Å²) in [6.07, 6.45) is 6.02. The Hall–Kier alpha value is -1.13. The summed E-state index contributed by atoms with van der Waals surface area (Å²) >= 11 is 0.